The Hall–Kier alpha value is -1.23. The summed E-state index contributed by atoms with van der Waals surface area (Å²) in [5, 5.41) is 20.6. The van der Waals surface area contributed by atoms with Gasteiger partial charge in [0.1, 0.15) is 12.2 Å². The van der Waals surface area contributed by atoms with Crippen LogP contribution in [0.4, 0.5) is 0 Å². The first-order valence-corrected chi connectivity index (χ1v) is 7.71. The first kappa shape index (κ1) is 14.4. The molecule has 0 amide bonds. The van der Waals surface area contributed by atoms with Crippen molar-refractivity contribution in [3.63, 3.8) is 0 Å². The highest BCUT2D eigenvalue weighted by Gasteiger charge is 2.64. The summed E-state index contributed by atoms with van der Waals surface area (Å²) in [4.78, 5) is 2.43. The minimum absolute atomic E-state index is 0. The SMILES string of the molecule is CN1CCC23c4c5ccc(O)c4OC2C(O)C=CC3C1C5.Cl. The number of phenolic OH excluding ortho intramolecular Hbond substituents is 1. The third-order valence-electron chi connectivity index (χ3n) is 6.15. The smallest absolute Gasteiger partial charge is 0.165 e. The van der Waals surface area contributed by atoms with E-state index in [0.29, 0.717) is 17.7 Å². The molecule has 2 heterocycles. The number of aromatic hydroxyl groups is 1. The zero-order valence-corrected chi connectivity index (χ0v) is 13.2. The van der Waals surface area contributed by atoms with Gasteiger partial charge in [-0.2, -0.15) is 0 Å². The third kappa shape index (κ3) is 1.41. The van der Waals surface area contributed by atoms with Crippen molar-refractivity contribution in [1.29, 1.82) is 0 Å². The van der Waals surface area contributed by atoms with Crippen LogP contribution in [-0.4, -0.2) is 47.0 Å². The second-order valence-corrected chi connectivity index (χ2v) is 6.93. The summed E-state index contributed by atoms with van der Waals surface area (Å²) in [6.07, 6.45) is 5.18. The molecule has 2 bridgehead atoms. The van der Waals surface area contributed by atoms with Gasteiger partial charge in [-0.15, -0.1) is 12.4 Å². The predicted octanol–water partition coefficient (Wildman–Crippen LogP) is 1.62. The van der Waals surface area contributed by atoms with Crippen molar-refractivity contribution >= 4 is 12.4 Å². The van der Waals surface area contributed by atoms with Crippen molar-refractivity contribution in [2.45, 2.75) is 36.5 Å². The molecule has 0 radical (unpaired) electrons. The monoisotopic (exact) mass is 321 g/mol. The molecule has 22 heavy (non-hydrogen) atoms. The molecule has 1 spiro atoms. The lowest BCUT2D eigenvalue weighted by Gasteiger charge is -2.56. The van der Waals surface area contributed by atoms with Crippen LogP contribution < -0.4 is 4.74 Å². The number of likely N-dealkylation sites (N-methyl/N-ethyl adjacent to an activating group) is 1. The van der Waals surface area contributed by atoms with Crippen LogP contribution in [0.15, 0.2) is 24.3 Å². The Kier molecular flexibility index (Phi) is 2.88. The van der Waals surface area contributed by atoms with Gasteiger partial charge in [-0.05, 0) is 38.1 Å². The van der Waals surface area contributed by atoms with E-state index in [1.54, 1.807) is 6.07 Å². The number of nitrogens with zero attached hydrogens (tertiary/aromatic N) is 1. The molecular formula is C17H20ClNO3. The highest BCUT2D eigenvalue weighted by Crippen LogP contribution is 2.62. The highest BCUT2D eigenvalue weighted by atomic mass is 35.5. The molecule has 5 atom stereocenters. The Morgan fingerprint density at radius 3 is 2.95 bits per heavy atom. The molecule has 1 fully saturated rings. The molecule has 0 saturated carbocycles. The molecule has 4 nitrogen and oxygen atoms in total. The van der Waals surface area contributed by atoms with Crippen molar-refractivity contribution in [2.75, 3.05) is 13.6 Å². The van der Waals surface area contributed by atoms with E-state index in [9.17, 15) is 10.2 Å². The van der Waals surface area contributed by atoms with E-state index in [1.807, 2.05) is 12.1 Å². The average Bonchev–Trinajstić information content (AvgIpc) is 2.83. The van der Waals surface area contributed by atoms with E-state index in [1.165, 1.54) is 11.1 Å². The van der Waals surface area contributed by atoms with Crippen LogP contribution in [-0.2, 0) is 11.8 Å². The molecule has 2 N–H and O–H groups in total. The molecule has 5 heteroatoms. The zero-order chi connectivity index (χ0) is 14.4. The zero-order valence-electron chi connectivity index (χ0n) is 12.4. The molecule has 2 aliphatic heterocycles. The number of aliphatic hydroxyl groups excluding tert-OH is 1. The number of hydrogen-bond acceptors (Lipinski definition) is 4. The Bertz CT molecular complexity index is 676. The minimum Gasteiger partial charge on any atom is -0.504 e. The summed E-state index contributed by atoms with van der Waals surface area (Å²) in [5.41, 5.74) is 2.29. The van der Waals surface area contributed by atoms with Gasteiger partial charge in [0, 0.05) is 22.9 Å². The average molecular weight is 322 g/mol. The summed E-state index contributed by atoms with van der Waals surface area (Å²) >= 11 is 0. The first-order valence-electron chi connectivity index (χ1n) is 7.71. The van der Waals surface area contributed by atoms with Crippen LogP contribution in [0.25, 0.3) is 0 Å². The van der Waals surface area contributed by atoms with E-state index >= 15 is 0 Å². The maximum absolute atomic E-state index is 10.4. The maximum Gasteiger partial charge on any atom is 0.165 e. The van der Waals surface area contributed by atoms with Gasteiger partial charge in [-0.1, -0.05) is 18.2 Å². The molecule has 1 saturated heterocycles. The van der Waals surface area contributed by atoms with Gasteiger partial charge >= 0.3 is 0 Å². The lowest BCUT2D eigenvalue weighted by Crippen LogP contribution is -2.64. The van der Waals surface area contributed by atoms with Crippen LogP contribution in [0, 0.1) is 5.92 Å². The summed E-state index contributed by atoms with van der Waals surface area (Å²) < 4.78 is 6.09. The normalized spacial score (nSPS) is 40.6. The summed E-state index contributed by atoms with van der Waals surface area (Å²) in [5.74, 6) is 1.19. The van der Waals surface area contributed by atoms with E-state index < -0.39 is 6.10 Å². The molecular weight excluding hydrogens is 302 g/mol. The van der Waals surface area contributed by atoms with Gasteiger partial charge in [-0.25, -0.2) is 0 Å². The second kappa shape index (κ2) is 4.40. The van der Waals surface area contributed by atoms with Crippen LogP contribution in [0.2, 0.25) is 0 Å². The number of hydrogen-bond donors (Lipinski definition) is 2. The first-order chi connectivity index (χ1) is 10.1. The van der Waals surface area contributed by atoms with Crippen molar-refractivity contribution < 1.29 is 14.9 Å². The third-order valence-corrected chi connectivity index (χ3v) is 6.15. The van der Waals surface area contributed by atoms with E-state index in [0.717, 1.165) is 19.4 Å². The number of likely N-dealkylation sites (tertiary alicyclic amines) is 1. The molecule has 0 aromatic heterocycles. The van der Waals surface area contributed by atoms with Gasteiger partial charge < -0.3 is 19.8 Å². The quantitative estimate of drug-likeness (QED) is 0.713. The fourth-order valence-electron chi connectivity index (χ4n) is 5.24. The van der Waals surface area contributed by atoms with Crippen molar-refractivity contribution in [1.82, 2.24) is 4.90 Å². The predicted molar refractivity (Wildman–Crippen MR) is 84.8 cm³/mol. The van der Waals surface area contributed by atoms with Gasteiger partial charge in [0.2, 0.25) is 0 Å². The van der Waals surface area contributed by atoms with Crippen molar-refractivity contribution in [2.24, 2.45) is 5.92 Å². The van der Waals surface area contributed by atoms with Gasteiger partial charge in [-0.3, -0.25) is 0 Å². The molecule has 1 aromatic rings. The number of benzene rings is 1. The summed E-state index contributed by atoms with van der Waals surface area (Å²) in [7, 11) is 2.19. The lowest BCUT2D eigenvalue weighted by molar-refractivity contribution is -0.0453. The Labute approximate surface area is 135 Å². The van der Waals surface area contributed by atoms with Crippen LogP contribution in [0.5, 0.6) is 11.5 Å². The number of halogens is 1. The van der Waals surface area contributed by atoms with E-state index in [2.05, 4.69) is 18.0 Å². The molecule has 5 unspecified atom stereocenters. The minimum atomic E-state index is -0.594. The Morgan fingerprint density at radius 1 is 1.32 bits per heavy atom. The second-order valence-electron chi connectivity index (χ2n) is 6.93. The highest BCUT2D eigenvalue weighted by molar-refractivity contribution is 5.85. The standard InChI is InChI=1S/C17H19NO3.ClH/c1-18-7-6-17-10-3-5-13(20)16(17)21-15-12(19)4-2-9(14(15)17)8-11(10)18;/h2-5,10-11,13,16,19-20H,6-8H2,1H3;1H. The number of aliphatic hydroxyl groups is 1. The van der Waals surface area contributed by atoms with Crippen molar-refractivity contribution in [3.8, 4) is 11.5 Å². The van der Waals surface area contributed by atoms with Gasteiger partial charge in [0.05, 0.1) is 0 Å². The van der Waals surface area contributed by atoms with Gasteiger partial charge in [0.25, 0.3) is 0 Å². The molecule has 118 valence electrons. The van der Waals surface area contributed by atoms with E-state index in [4.69, 9.17) is 4.74 Å². The van der Waals surface area contributed by atoms with Crippen LogP contribution in [0.1, 0.15) is 17.5 Å². The number of phenols is 1. The van der Waals surface area contributed by atoms with Crippen molar-refractivity contribution in [3.05, 3.63) is 35.4 Å². The molecule has 5 rings (SSSR count). The Balaban J connectivity index is 0.00000125. The number of piperidine rings is 1. The van der Waals surface area contributed by atoms with Crippen LogP contribution >= 0.6 is 12.4 Å². The Morgan fingerprint density at radius 2 is 2.14 bits per heavy atom. The van der Waals surface area contributed by atoms with Gasteiger partial charge in [0.15, 0.2) is 11.5 Å². The topological polar surface area (TPSA) is 52.9 Å². The van der Waals surface area contributed by atoms with E-state index in [-0.39, 0.29) is 29.7 Å². The largest absolute Gasteiger partial charge is 0.504 e. The molecule has 4 aliphatic rings. The summed E-state index contributed by atoms with van der Waals surface area (Å²) in [6.45, 7) is 1.01. The molecule has 2 aliphatic carbocycles. The fraction of sp³-hybridized carbons (Fsp3) is 0.529. The molecule has 1 aromatic carbocycles. The number of rotatable bonds is 0. The summed E-state index contributed by atoms with van der Waals surface area (Å²) in [6, 6.07) is 4.23. The van der Waals surface area contributed by atoms with Crippen LogP contribution in [0.3, 0.4) is 0 Å². The maximum atomic E-state index is 10.4. The lowest BCUT2D eigenvalue weighted by atomic mass is 9.53. The fourth-order valence-corrected chi connectivity index (χ4v) is 5.24. The number of ether oxygens (including phenoxy) is 1.